The van der Waals surface area contributed by atoms with Gasteiger partial charge in [0.15, 0.2) is 5.78 Å². The highest BCUT2D eigenvalue weighted by Crippen LogP contribution is 2.26. The lowest BCUT2D eigenvalue weighted by atomic mass is 9.85. The predicted octanol–water partition coefficient (Wildman–Crippen LogP) is 5.91. The molecule has 0 aliphatic rings. The number of hydrogen-bond acceptors (Lipinski definition) is 2. The molecule has 1 aromatic heterocycles. The zero-order valence-electron chi connectivity index (χ0n) is 14.1. The Morgan fingerprint density at radius 2 is 1.86 bits per heavy atom. The number of carbonyl (C=O) groups is 1. The number of Topliss-reactive ketones (excluding diaryl/α,β-unsaturated/α-hetero) is 1. The van der Waals surface area contributed by atoms with Crippen LogP contribution in [0.3, 0.4) is 0 Å². The van der Waals surface area contributed by atoms with Crippen LogP contribution in [0.4, 0.5) is 0 Å². The summed E-state index contributed by atoms with van der Waals surface area (Å²) in [7, 11) is 0. The zero-order chi connectivity index (χ0) is 16.1. The van der Waals surface area contributed by atoms with E-state index in [0.29, 0.717) is 5.78 Å². The molecule has 2 rings (SSSR count). The number of ketones is 1. The van der Waals surface area contributed by atoms with E-state index in [9.17, 15) is 4.79 Å². The summed E-state index contributed by atoms with van der Waals surface area (Å²) in [4.78, 5) is 14.5. The fraction of sp³-hybridized carbons (Fsp3) is 0.450. The van der Waals surface area contributed by atoms with Crippen molar-refractivity contribution in [2.75, 3.05) is 0 Å². The lowest BCUT2D eigenvalue weighted by molar-refractivity contribution is 0.0910. The van der Waals surface area contributed by atoms with Gasteiger partial charge in [0.25, 0.3) is 0 Å². The number of aryl methyl sites for hydroxylation is 3. The first kappa shape index (κ1) is 17.0. The Hall–Kier alpha value is -1.41. The van der Waals surface area contributed by atoms with E-state index in [1.165, 1.54) is 10.4 Å². The molecule has 2 heteroatoms. The van der Waals surface area contributed by atoms with Gasteiger partial charge in [0.05, 0.1) is 0 Å². The first-order chi connectivity index (χ1) is 10.5. The van der Waals surface area contributed by atoms with Gasteiger partial charge in [-0.25, -0.2) is 0 Å². The molecule has 1 unspecified atom stereocenters. The Morgan fingerprint density at radius 3 is 2.41 bits per heavy atom. The SMILES string of the molecule is CCCCC(Cc1cccs1)C(=O)c1c(C)cc(C)cc1C. The fourth-order valence-corrected chi connectivity index (χ4v) is 4.01. The molecular weight excluding hydrogens is 288 g/mol. The molecule has 118 valence electrons. The number of benzene rings is 1. The van der Waals surface area contributed by atoms with Gasteiger partial charge < -0.3 is 0 Å². The number of hydrogen-bond donors (Lipinski definition) is 0. The van der Waals surface area contributed by atoms with Crippen LogP contribution in [0.2, 0.25) is 0 Å². The second kappa shape index (κ2) is 7.73. The van der Waals surface area contributed by atoms with Crippen molar-refractivity contribution in [2.24, 2.45) is 5.92 Å². The number of rotatable bonds is 7. The first-order valence-corrected chi connectivity index (χ1v) is 9.05. The Morgan fingerprint density at radius 1 is 1.18 bits per heavy atom. The van der Waals surface area contributed by atoms with Crippen molar-refractivity contribution in [1.82, 2.24) is 0 Å². The van der Waals surface area contributed by atoms with Gasteiger partial charge in [-0.1, -0.05) is 43.5 Å². The van der Waals surface area contributed by atoms with Crippen molar-refractivity contribution < 1.29 is 4.79 Å². The molecule has 0 saturated heterocycles. The lowest BCUT2D eigenvalue weighted by Gasteiger charge is -2.18. The third-order valence-electron chi connectivity index (χ3n) is 4.23. The van der Waals surface area contributed by atoms with Crippen LogP contribution in [0.25, 0.3) is 0 Å². The Balaban J connectivity index is 2.28. The maximum absolute atomic E-state index is 13.1. The molecule has 1 heterocycles. The van der Waals surface area contributed by atoms with E-state index in [2.05, 4.69) is 57.3 Å². The van der Waals surface area contributed by atoms with E-state index in [-0.39, 0.29) is 5.92 Å². The molecule has 0 fully saturated rings. The minimum Gasteiger partial charge on any atom is -0.294 e. The van der Waals surface area contributed by atoms with E-state index in [4.69, 9.17) is 0 Å². The molecule has 1 atom stereocenters. The summed E-state index contributed by atoms with van der Waals surface area (Å²) in [5.74, 6) is 0.440. The van der Waals surface area contributed by atoms with Gasteiger partial charge in [0.1, 0.15) is 0 Å². The molecular formula is C20H26OS. The molecule has 1 nitrogen and oxygen atoms in total. The molecule has 0 saturated carbocycles. The quantitative estimate of drug-likeness (QED) is 0.581. The number of thiophene rings is 1. The average molecular weight is 314 g/mol. The van der Waals surface area contributed by atoms with Gasteiger partial charge in [-0.3, -0.25) is 4.79 Å². The summed E-state index contributed by atoms with van der Waals surface area (Å²) in [6, 6.07) is 8.47. The van der Waals surface area contributed by atoms with Crippen molar-refractivity contribution in [1.29, 1.82) is 0 Å². The molecule has 2 aromatic rings. The minimum absolute atomic E-state index is 0.110. The summed E-state index contributed by atoms with van der Waals surface area (Å²) < 4.78 is 0. The van der Waals surface area contributed by atoms with E-state index in [0.717, 1.165) is 42.4 Å². The summed E-state index contributed by atoms with van der Waals surface area (Å²) >= 11 is 1.76. The predicted molar refractivity (Wildman–Crippen MR) is 96.0 cm³/mol. The average Bonchev–Trinajstić information content (AvgIpc) is 2.95. The van der Waals surface area contributed by atoms with Crippen molar-refractivity contribution in [3.8, 4) is 0 Å². The van der Waals surface area contributed by atoms with E-state index in [1.54, 1.807) is 11.3 Å². The summed E-state index contributed by atoms with van der Waals surface area (Å²) in [5.41, 5.74) is 4.42. The van der Waals surface area contributed by atoms with Crippen molar-refractivity contribution >= 4 is 17.1 Å². The van der Waals surface area contributed by atoms with Crippen LogP contribution in [0, 0.1) is 26.7 Å². The van der Waals surface area contributed by atoms with E-state index < -0.39 is 0 Å². The molecule has 1 aromatic carbocycles. The van der Waals surface area contributed by atoms with Crippen LogP contribution in [0.1, 0.15) is 58.1 Å². The van der Waals surface area contributed by atoms with Crippen LogP contribution in [0.5, 0.6) is 0 Å². The van der Waals surface area contributed by atoms with Crippen molar-refractivity contribution in [3.63, 3.8) is 0 Å². The van der Waals surface area contributed by atoms with Crippen molar-refractivity contribution in [3.05, 3.63) is 56.8 Å². The number of unbranched alkanes of at least 4 members (excludes halogenated alkanes) is 1. The molecule has 0 N–H and O–H groups in total. The van der Waals surface area contributed by atoms with Gasteiger partial charge in [-0.2, -0.15) is 0 Å². The lowest BCUT2D eigenvalue weighted by Crippen LogP contribution is -2.19. The Labute approximate surface area is 138 Å². The smallest absolute Gasteiger partial charge is 0.166 e. The number of carbonyl (C=O) groups excluding carboxylic acids is 1. The summed E-state index contributed by atoms with van der Waals surface area (Å²) in [6.07, 6.45) is 4.12. The molecule has 0 aliphatic heterocycles. The third kappa shape index (κ3) is 4.07. The van der Waals surface area contributed by atoms with Gasteiger partial charge in [-0.15, -0.1) is 11.3 Å². The van der Waals surface area contributed by atoms with E-state index >= 15 is 0 Å². The van der Waals surface area contributed by atoms with Gasteiger partial charge >= 0.3 is 0 Å². The van der Waals surface area contributed by atoms with Gasteiger partial charge in [0, 0.05) is 16.4 Å². The van der Waals surface area contributed by atoms with Crippen LogP contribution >= 0.6 is 11.3 Å². The van der Waals surface area contributed by atoms with Crippen LogP contribution in [-0.4, -0.2) is 5.78 Å². The zero-order valence-corrected chi connectivity index (χ0v) is 14.9. The standard InChI is InChI=1S/C20H26OS/c1-5-6-8-17(13-18-9-7-10-22-18)20(21)19-15(3)11-14(2)12-16(19)4/h7,9-12,17H,5-6,8,13H2,1-4H3. The monoisotopic (exact) mass is 314 g/mol. The first-order valence-electron chi connectivity index (χ1n) is 8.17. The van der Waals surface area contributed by atoms with Gasteiger partial charge in [0.2, 0.25) is 0 Å². The molecule has 0 aliphatic carbocycles. The molecule has 0 amide bonds. The maximum Gasteiger partial charge on any atom is 0.166 e. The summed E-state index contributed by atoms with van der Waals surface area (Å²) in [6.45, 7) is 8.41. The highest BCUT2D eigenvalue weighted by atomic mass is 32.1. The van der Waals surface area contributed by atoms with E-state index in [1.807, 2.05) is 0 Å². The second-order valence-corrected chi connectivity index (χ2v) is 7.29. The van der Waals surface area contributed by atoms with Crippen molar-refractivity contribution in [2.45, 2.75) is 53.4 Å². The highest BCUT2D eigenvalue weighted by molar-refractivity contribution is 7.09. The fourth-order valence-electron chi connectivity index (χ4n) is 3.22. The minimum atomic E-state index is 0.110. The molecule has 22 heavy (non-hydrogen) atoms. The summed E-state index contributed by atoms with van der Waals surface area (Å²) in [5, 5.41) is 2.10. The molecule has 0 bridgehead atoms. The highest BCUT2D eigenvalue weighted by Gasteiger charge is 2.23. The topological polar surface area (TPSA) is 17.1 Å². The maximum atomic E-state index is 13.1. The largest absolute Gasteiger partial charge is 0.294 e. The van der Waals surface area contributed by atoms with Gasteiger partial charge in [-0.05, 0) is 56.2 Å². The van der Waals surface area contributed by atoms with Crippen LogP contribution < -0.4 is 0 Å². The normalized spacial score (nSPS) is 12.4. The Bertz CT molecular complexity index is 602. The molecule has 0 spiro atoms. The van der Waals surface area contributed by atoms with Crippen LogP contribution in [0.15, 0.2) is 29.6 Å². The Kier molecular flexibility index (Phi) is 5.96. The second-order valence-electron chi connectivity index (χ2n) is 6.26. The third-order valence-corrected chi connectivity index (χ3v) is 5.13. The van der Waals surface area contributed by atoms with Crippen LogP contribution in [-0.2, 0) is 6.42 Å². The molecule has 0 radical (unpaired) electrons.